The Morgan fingerprint density at radius 3 is 2.70 bits per heavy atom. The van der Waals surface area contributed by atoms with Crippen LogP contribution in [0.3, 0.4) is 0 Å². The van der Waals surface area contributed by atoms with Gasteiger partial charge in [0.15, 0.2) is 0 Å². The Labute approximate surface area is 63.4 Å². The number of aliphatic hydroxyl groups is 1. The molecule has 1 aliphatic rings. The Balaban J connectivity index is 2.41. The van der Waals surface area contributed by atoms with Crippen molar-refractivity contribution in [2.75, 3.05) is 0 Å². The second-order valence-corrected chi connectivity index (χ2v) is 4.03. The fraction of sp³-hybridized carbons (Fsp3) is 1.00. The SMILES string of the molecule is C[C@H]1CCC[C@@](C)(O)CC1. The van der Waals surface area contributed by atoms with E-state index in [1.165, 1.54) is 19.3 Å². The quantitative estimate of drug-likeness (QED) is 0.515. The maximum absolute atomic E-state index is 9.67. The van der Waals surface area contributed by atoms with Crippen LogP contribution < -0.4 is 0 Å². The molecule has 0 aromatic rings. The minimum Gasteiger partial charge on any atom is -0.390 e. The summed E-state index contributed by atoms with van der Waals surface area (Å²) < 4.78 is 0. The Kier molecular flexibility index (Phi) is 2.35. The minimum atomic E-state index is -0.356. The second kappa shape index (κ2) is 2.91. The zero-order valence-electron chi connectivity index (χ0n) is 7.06. The van der Waals surface area contributed by atoms with E-state index in [4.69, 9.17) is 0 Å². The van der Waals surface area contributed by atoms with Crippen molar-refractivity contribution in [2.24, 2.45) is 5.92 Å². The van der Waals surface area contributed by atoms with Gasteiger partial charge in [-0.3, -0.25) is 0 Å². The molecule has 60 valence electrons. The van der Waals surface area contributed by atoms with Gasteiger partial charge in [-0.2, -0.15) is 0 Å². The molecular formula is C9H18O. The summed E-state index contributed by atoms with van der Waals surface area (Å²) in [5, 5.41) is 9.67. The van der Waals surface area contributed by atoms with Crippen LogP contribution in [0.4, 0.5) is 0 Å². The summed E-state index contributed by atoms with van der Waals surface area (Å²) in [6.07, 6.45) is 5.70. The molecule has 0 unspecified atom stereocenters. The topological polar surface area (TPSA) is 20.2 Å². The molecule has 0 saturated heterocycles. The van der Waals surface area contributed by atoms with Crippen molar-refractivity contribution < 1.29 is 5.11 Å². The predicted octanol–water partition coefficient (Wildman–Crippen LogP) is 2.34. The van der Waals surface area contributed by atoms with Crippen LogP contribution in [0.1, 0.15) is 46.0 Å². The summed E-state index contributed by atoms with van der Waals surface area (Å²) in [6, 6.07) is 0. The largest absolute Gasteiger partial charge is 0.390 e. The van der Waals surface area contributed by atoms with Gasteiger partial charge in [0.2, 0.25) is 0 Å². The molecule has 2 atom stereocenters. The lowest BCUT2D eigenvalue weighted by molar-refractivity contribution is 0.0435. The standard InChI is InChI=1S/C9H18O/c1-8-4-3-6-9(2,10)7-5-8/h8,10H,3-7H2,1-2H3/t8-,9+/m0/s1. The summed E-state index contributed by atoms with van der Waals surface area (Å²) in [6.45, 7) is 4.24. The molecular weight excluding hydrogens is 124 g/mol. The van der Waals surface area contributed by atoms with Crippen LogP contribution in [0.2, 0.25) is 0 Å². The van der Waals surface area contributed by atoms with Gasteiger partial charge in [-0.15, -0.1) is 0 Å². The van der Waals surface area contributed by atoms with Crippen molar-refractivity contribution in [3.63, 3.8) is 0 Å². The zero-order valence-corrected chi connectivity index (χ0v) is 7.06. The molecule has 0 aromatic heterocycles. The third-order valence-electron chi connectivity index (χ3n) is 2.59. The van der Waals surface area contributed by atoms with Gasteiger partial charge in [0.1, 0.15) is 0 Å². The van der Waals surface area contributed by atoms with Crippen molar-refractivity contribution in [1.29, 1.82) is 0 Å². The molecule has 0 spiro atoms. The third kappa shape index (κ3) is 2.30. The van der Waals surface area contributed by atoms with E-state index in [9.17, 15) is 5.11 Å². The molecule has 1 N–H and O–H groups in total. The fourth-order valence-electron chi connectivity index (χ4n) is 1.66. The smallest absolute Gasteiger partial charge is 0.0619 e. The lowest BCUT2D eigenvalue weighted by Gasteiger charge is -2.19. The van der Waals surface area contributed by atoms with Crippen LogP contribution in [0.5, 0.6) is 0 Å². The first-order chi connectivity index (χ1) is 4.60. The third-order valence-corrected chi connectivity index (χ3v) is 2.59. The zero-order chi connectivity index (χ0) is 7.61. The van der Waals surface area contributed by atoms with Gasteiger partial charge in [0.05, 0.1) is 5.60 Å². The average Bonchev–Trinajstić information content (AvgIpc) is 1.94. The van der Waals surface area contributed by atoms with E-state index in [0.29, 0.717) is 0 Å². The highest BCUT2D eigenvalue weighted by molar-refractivity contribution is 4.77. The van der Waals surface area contributed by atoms with Gasteiger partial charge in [-0.25, -0.2) is 0 Å². The Hall–Kier alpha value is -0.0400. The molecule has 0 aromatic carbocycles. The van der Waals surface area contributed by atoms with Crippen molar-refractivity contribution in [2.45, 2.75) is 51.6 Å². The molecule has 0 bridgehead atoms. The van der Waals surface area contributed by atoms with E-state index in [1.807, 2.05) is 6.92 Å². The van der Waals surface area contributed by atoms with E-state index in [0.717, 1.165) is 18.8 Å². The van der Waals surface area contributed by atoms with E-state index in [-0.39, 0.29) is 5.60 Å². The van der Waals surface area contributed by atoms with Crippen LogP contribution in [0, 0.1) is 5.92 Å². The van der Waals surface area contributed by atoms with E-state index >= 15 is 0 Å². The molecule has 0 heterocycles. The predicted molar refractivity (Wildman–Crippen MR) is 42.9 cm³/mol. The maximum Gasteiger partial charge on any atom is 0.0619 e. The summed E-state index contributed by atoms with van der Waals surface area (Å²) in [4.78, 5) is 0. The average molecular weight is 142 g/mol. The number of hydrogen-bond donors (Lipinski definition) is 1. The summed E-state index contributed by atoms with van der Waals surface area (Å²) >= 11 is 0. The van der Waals surface area contributed by atoms with Gasteiger partial charge in [0, 0.05) is 0 Å². The van der Waals surface area contributed by atoms with Gasteiger partial charge >= 0.3 is 0 Å². The molecule has 1 nitrogen and oxygen atoms in total. The fourth-order valence-corrected chi connectivity index (χ4v) is 1.66. The van der Waals surface area contributed by atoms with Crippen molar-refractivity contribution in [1.82, 2.24) is 0 Å². The van der Waals surface area contributed by atoms with Crippen molar-refractivity contribution in [3.8, 4) is 0 Å². The molecule has 10 heavy (non-hydrogen) atoms. The highest BCUT2D eigenvalue weighted by Gasteiger charge is 2.23. The molecule has 0 aliphatic heterocycles. The van der Waals surface area contributed by atoms with Gasteiger partial charge in [-0.1, -0.05) is 19.8 Å². The Morgan fingerprint density at radius 1 is 1.30 bits per heavy atom. The molecule has 1 heteroatoms. The first-order valence-electron chi connectivity index (χ1n) is 4.32. The Bertz CT molecular complexity index is 107. The molecule has 1 rings (SSSR count). The Morgan fingerprint density at radius 2 is 2.00 bits per heavy atom. The number of rotatable bonds is 0. The van der Waals surface area contributed by atoms with Crippen molar-refractivity contribution in [3.05, 3.63) is 0 Å². The number of hydrogen-bond acceptors (Lipinski definition) is 1. The monoisotopic (exact) mass is 142 g/mol. The van der Waals surface area contributed by atoms with Crippen LogP contribution in [-0.2, 0) is 0 Å². The lowest BCUT2D eigenvalue weighted by Crippen LogP contribution is -2.22. The molecule has 1 aliphatic carbocycles. The van der Waals surface area contributed by atoms with E-state index < -0.39 is 0 Å². The first kappa shape index (κ1) is 8.06. The first-order valence-corrected chi connectivity index (χ1v) is 4.32. The highest BCUT2D eigenvalue weighted by atomic mass is 16.3. The van der Waals surface area contributed by atoms with Crippen LogP contribution >= 0.6 is 0 Å². The van der Waals surface area contributed by atoms with E-state index in [1.54, 1.807) is 0 Å². The van der Waals surface area contributed by atoms with E-state index in [2.05, 4.69) is 6.92 Å². The summed E-state index contributed by atoms with van der Waals surface area (Å²) in [7, 11) is 0. The highest BCUT2D eigenvalue weighted by Crippen LogP contribution is 2.29. The maximum atomic E-state index is 9.67. The van der Waals surface area contributed by atoms with Crippen molar-refractivity contribution >= 4 is 0 Å². The molecule has 1 saturated carbocycles. The van der Waals surface area contributed by atoms with Gasteiger partial charge in [0.25, 0.3) is 0 Å². The van der Waals surface area contributed by atoms with Crippen LogP contribution in [-0.4, -0.2) is 10.7 Å². The van der Waals surface area contributed by atoms with Crippen LogP contribution in [0.15, 0.2) is 0 Å². The van der Waals surface area contributed by atoms with Gasteiger partial charge in [-0.05, 0) is 32.1 Å². The molecule has 0 amide bonds. The van der Waals surface area contributed by atoms with Crippen LogP contribution in [0.25, 0.3) is 0 Å². The normalized spacial score (nSPS) is 42.9. The summed E-state index contributed by atoms with van der Waals surface area (Å²) in [5.41, 5.74) is -0.356. The summed E-state index contributed by atoms with van der Waals surface area (Å²) in [5.74, 6) is 0.828. The second-order valence-electron chi connectivity index (χ2n) is 4.03. The molecule has 1 fully saturated rings. The lowest BCUT2D eigenvalue weighted by atomic mass is 9.97. The molecule has 0 radical (unpaired) electrons. The van der Waals surface area contributed by atoms with Gasteiger partial charge < -0.3 is 5.11 Å². The minimum absolute atomic E-state index is 0.356.